The summed E-state index contributed by atoms with van der Waals surface area (Å²) in [5, 5.41) is 3.16. The van der Waals surface area contributed by atoms with Crippen LogP contribution in [0.15, 0.2) is 30.3 Å². The minimum Gasteiger partial charge on any atom is -0.462 e. The maximum atomic E-state index is 13.4. The third kappa shape index (κ3) is 4.86. The number of ether oxygens (including phenoxy) is 1. The first kappa shape index (κ1) is 21.1. The lowest BCUT2D eigenvalue weighted by atomic mass is 9.86. The maximum Gasteiger partial charge on any atom is 0.339 e. The van der Waals surface area contributed by atoms with E-state index in [1.807, 2.05) is 4.57 Å². The topological polar surface area (TPSA) is 60.3 Å². The van der Waals surface area contributed by atoms with Crippen molar-refractivity contribution in [3.63, 3.8) is 0 Å². The van der Waals surface area contributed by atoms with E-state index in [1.54, 1.807) is 32.0 Å². The molecule has 1 N–H and O–H groups in total. The first-order valence-corrected chi connectivity index (χ1v) is 10.3. The van der Waals surface area contributed by atoms with E-state index in [2.05, 4.69) is 12.2 Å². The average Bonchev–Trinajstić information content (AvgIpc) is 3.01. The monoisotopic (exact) mass is 400 g/mol. The van der Waals surface area contributed by atoms with Gasteiger partial charge in [0.25, 0.3) is 0 Å². The first-order valence-electron chi connectivity index (χ1n) is 10.3. The van der Waals surface area contributed by atoms with E-state index >= 15 is 0 Å². The highest BCUT2D eigenvalue weighted by Gasteiger charge is 2.25. The molecule has 6 heteroatoms. The molecule has 1 fully saturated rings. The molecule has 0 saturated heterocycles. The number of carbonyl (C=O) groups excluding carboxylic acids is 2. The summed E-state index contributed by atoms with van der Waals surface area (Å²) >= 11 is 0. The van der Waals surface area contributed by atoms with Crippen LogP contribution in [0, 0.1) is 18.7 Å². The molecule has 2 atom stereocenters. The van der Waals surface area contributed by atoms with E-state index in [9.17, 15) is 14.0 Å². The van der Waals surface area contributed by atoms with Crippen molar-refractivity contribution < 1.29 is 18.7 Å². The number of nitrogens with zero attached hydrogens (tertiary/aromatic N) is 1. The third-order valence-corrected chi connectivity index (χ3v) is 5.76. The van der Waals surface area contributed by atoms with Gasteiger partial charge in [-0.25, -0.2) is 9.18 Å². The van der Waals surface area contributed by atoms with Gasteiger partial charge in [0, 0.05) is 17.4 Å². The van der Waals surface area contributed by atoms with Crippen molar-refractivity contribution in [2.75, 3.05) is 6.61 Å². The van der Waals surface area contributed by atoms with Gasteiger partial charge in [-0.3, -0.25) is 4.79 Å². The van der Waals surface area contributed by atoms with E-state index in [0.29, 0.717) is 22.9 Å². The Bertz CT molecular complexity index is 873. The Morgan fingerprint density at radius 1 is 1.21 bits per heavy atom. The van der Waals surface area contributed by atoms with Crippen molar-refractivity contribution in [1.29, 1.82) is 0 Å². The van der Waals surface area contributed by atoms with E-state index in [4.69, 9.17) is 4.74 Å². The van der Waals surface area contributed by atoms with Gasteiger partial charge in [0.05, 0.1) is 12.2 Å². The average molecular weight is 400 g/mol. The molecule has 1 aliphatic rings. The molecular formula is C23H29FN2O3. The molecule has 0 unspecified atom stereocenters. The quantitative estimate of drug-likeness (QED) is 0.728. The Hall–Kier alpha value is -2.63. The van der Waals surface area contributed by atoms with Crippen LogP contribution in [0.1, 0.15) is 55.6 Å². The van der Waals surface area contributed by atoms with Gasteiger partial charge in [-0.05, 0) is 68.5 Å². The highest BCUT2D eigenvalue weighted by Crippen LogP contribution is 2.28. The number of aromatic nitrogens is 1. The molecule has 156 valence electrons. The summed E-state index contributed by atoms with van der Waals surface area (Å²) in [4.78, 5) is 25.2. The number of halogens is 1. The largest absolute Gasteiger partial charge is 0.462 e. The summed E-state index contributed by atoms with van der Waals surface area (Å²) in [6.07, 6.45) is 4.46. The zero-order valence-corrected chi connectivity index (χ0v) is 17.3. The van der Waals surface area contributed by atoms with E-state index < -0.39 is 5.97 Å². The maximum absolute atomic E-state index is 13.4. The van der Waals surface area contributed by atoms with Crippen LogP contribution in [0.3, 0.4) is 0 Å². The third-order valence-electron chi connectivity index (χ3n) is 5.76. The van der Waals surface area contributed by atoms with Crippen LogP contribution in [-0.4, -0.2) is 29.1 Å². The normalized spacial score (nSPS) is 19.0. The van der Waals surface area contributed by atoms with Crippen LogP contribution < -0.4 is 5.32 Å². The lowest BCUT2D eigenvalue weighted by Crippen LogP contribution is -2.42. The van der Waals surface area contributed by atoms with Crippen LogP contribution in [0.4, 0.5) is 4.39 Å². The Morgan fingerprint density at radius 3 is 2.55 bits per heavy atom. The molecule has 0 spiro atoms. The van der Waals surface area contributed by atoms with Crippen LogP contribution in [0.5, 0.6) is 0 Å². The predicted octanol–water partition coefficient (Wildman–Crippen LogP) is 4.47. The Labute approximate surface area is 171 Å². The highest BCUT2D eigenvalue weighted by atomic mass is 19.1. The zero-order chi connectivity index (χ0) is 21.0. The number of nitrogens with one attached hydrogen (secondary N) is 1. The molecule has 2 aromatic rings. The van der Waals surface area contributed by atoms with Crippen molar-refractivity contribution in [2.45, 2.75) is 59.0 Å². The summed E-state index contributed by atoms with van der Waals surface area (Å²) in [5.41, 5.74) is 2.51. The number of benzene rings is 1. The summed E-state index contributed by atoms with van der Waals surface area (Å²) < 4.78 is 20.3. The Morgan fingerprint density at radius 2 is 1.90 bits per heavy atom. The minimum absolute atomic E-state index is 0.0822. The molecule has 1 aromatic carbocycles. The second-order valence-corrected chi connectivity index (χ2v) is 7.78. The lowest BCUT2D eigenvalue weighted by molar-refractivity contribution is -0.122. The number of rotatable bonds is 6. The smallest absolute Gasteiger partial charge is 0.339 e. The fraction of sp³-hybridized carbons (Fsp3) is 0.478. The van der Waals surface area contributed by atoms with Crippen molar-refractivity contribution >= 4 is 11.9 Å². The molecule has 3 rings (SSSR count). The van der Waals surface area contributed by atoms with Gasteiger partial charge in [0.15, 0.2) is 0 Å². The molecule has 0 radical (unpaired) electrons. The van der Waals surface area contributed by atoms with Crippen molar-refractivity contribution in [1.82, 2.24) is 9.88 Å². The van der Waals surface area contributed by atoms with Crippen LogP contribution >= 0.6 is 0 Å². The van der Waals surface area contributed by atoms with Crippen LogP contribution in [0.2, 0.25) is 0 Å². The van der Waals surface area contributed by atoms with Gasteiger partial charge >= 0.3 is 5.97 Å². The van der Waals surface area contributed by atoms with E-state index in [1.165, 1.54) is 18.6 Å². The van der Waals surface area contributed by atoms with Gasteiger partial charge in [-0.2, -0.15) is 0 Å². The molecule has 1 amide bonds. The Balaban J connectivity index is 1.89. The van der Waals surface area contributed by atoms with Crippen molar-refractivity contribution in [2.24, 2.45) is 5.92 Å². The van der Waals surface area contributed by atoms with Gasteiger partial charge in [-0.15, -0.1) is 0 Å². The van der Waals surface area contributed by atoms with E-state index in [0.717, 1.165) is 24.8 Å². The number of amides is 1. The molecule has 29 heavy (non-hydrogen) atoms. The second kappa shape index (κ2) is 9.25. The number of carbonyl (C=O) groups is 2. The molecule has 1 aliphatic carbocycles. The number of esters is 1. The summed E-state index contributed by atoms with van der Waals surface area (Å²) in [5.74, 6) is -0.377. The SMILES string of the molecule is CCOC(=O)c1cc(-c2ccc(F)cc2)n(CC(=O)N[C@@H]2CCCC[C@@H]2C)c1C. The Kier molecular flexibility index (Phi) is 6.72. The van der Waals surface area contributed by atoms with Crippen molar-refractivity contribution in [3.8, 4) is 11.3 Å². The first-order chi connectivity index (χ1) is 13.9. The van der Waals surface area contributed by atoms with Gasteiger partial charge < -0.3 is 14.6 Å². The van der Waals surface area contributed by atoms with Gasteiger partial charge in [-0.1, -0.05) is 19.8 Å². The fourth-order valence-corrected chi connectivity index (χ4v) is 4.05. The summed E-state index contributed by atoms with van der Waals surface area (Å²) in [7, 11) is 0. The standard InChI is InChI=1S/C23H29FN2O3/c1-4-29-23(28)19-13-21(17-9-11-18(24)12-10-17)26(16(19)3)14-22(27)25-20-8-6-5-7-15(20)2/h9-13,15,20H,4-8,14H2,1-3H3,(H,25,27)/t15-,20+/m0/s1. The van der Waals surface area contributed by atoms with Crippen molar-refractivity contribution in [3.05, 3.63) is 47.4 Å². The second-order valence-electron chi connectivity index (χ2n) is 7.78. The van der Waals surface area contributed by atoms with Gasteiger partial charge in [0.1, 0.15) is 12.4 Å². The molecule has 1 aromatic heterocycles. The molecule has 0 aliphatic heterocycles. The molecule has 1 saturated carbocycles. The van der Waals surface area contributed by atoms with Crippen LogP contribution in [0.25, 0.3) is 11.3 Å². The summed E-state index contributed by atoms with van der Waals surface area (Å²) in [6, 6.07) is 7.95. The predicted molar refractivity (Wildman–Crippen MR) is 110 cm³/mol. The lowest BCUT2D eigenvalue weighted by Gasteiger charge is -2.29. The number of hydrogen-bond donors (Lipinski definition) is 1. The fourth-order valence-electron chi connectivity index (χ4n) is 4.05. The van der Waals surface area contributed by atoms with Crippen LogP contribution in [-0.2, 0) is 16.1 Å². The molecule has 5 nitrogen and oxygen atoms in total. The van der Waals surface area contributed by atoms with E-state index in [-0.39, 0.29) is 30.9 Å². The number of hydrogen-bond acceptors (Lipinski definition) is 3. The molecule has 0 bridgehead atoms. The molecule has 1 heterocycles. The minimum atomic E-state index is -0.423. The van der Waals surface area contributed by atoms with Gasteiger partial charge in [0.2, 0.25) is 5.91 Å². The summed E-state index contributed by atoms with van der Waals surface area (Å²) in [6.45, 7) is 6.10. The zero-order valence-electron chi connectivity index (χ0n) is 17.3. The molecular weight excluding hydrogens is 371 g/mol. The highest BCUT2D eigenvalue weighted by molar-refractivity contribution is 5.93.